The lowest BCUT2D eigenvalue weighted by molar-refractivity contribution is -0.134. The van der Waals surface area contributed by atoms with E-state index < -0.39 is 12.1 Å². The van der Waals surface area contributed by atoms with E-state index in [9.17, 15) is 9.59 Å². The summed E-state index contributed by atoms with van der Waals surface area (Å²) < 4.78 is 7.12. The third kappa shape index (κ3) is 4.85. The first-order chi connectivity index (χ1) is 18.8. The second kappa shape index (κ2) is 10.4. The molecule has 8 heteroatoms. The van der Waals surface area contributed by atoms with E-state index in [0.717, 1.165) is 35.1 Å². The van der Waals surface area contributed by atoms with Crippen LogP contribution in [0, 0.1) is 5.92 Å². The number of thiophene rings is 1. The zero-order valence-corrected chi connectivity index (χ0v) is 24.6. The van der Waals surface area contributed by atoms with Gasteiger partial charge in [-0.2, -0.15) is 0 Å². The molecule has 3 aromatic carbocycles. The number of likely N-dealkylation sites (tertiary alicyclic amines) is 1. The number of hydrogen-bond acceptors (Lipinski definition) is 5. The highest BCUT2D eigenvalue weighted by Gasteiger charge is 2.39. The Morgan fingerprint density at radius 2 is 1.92 bits per heavy atom. The number of aliphatic imine (C=N–C) groups is 1. The lowest BCUT2D eigenvalue weighted by atomic mass is 9.96. The van der Waals surface area contributed by atoms with E-state index in [1.165, 1.54) is 44.0 Å². The molecule has 1 saturated heterocycles. The third-order valence-corrected chi connectivity index (χ3v) is 9.45. The van der Waals surface area contributed by atoms with E-state index in [1.54, 1.807) is 11.3 Å². The van der Waals surface area contributed by atoms with Crippen LogP contribution in [0.1, 0.15) is 32.3 Å². The van der Waals surface area contributed by atoms with Crippen LogP contribution in [-0.4, -0.2) is 48.4 Å². The average Bonchev–Trinajstić information content (AvgIpc) is 3.68. The highest BCUT2D eigenvalue weighted by Crippen LogP contribution is 2.40. The maximum absolute atomic E-state index is 13.5. The monoisotopic (exact) mass is 603 g/mol. The van der Waals surface area contributed by atoms with Gasteiger partial charge in [0.05, 0.1) is 18.8 Å². The van der Waals surface area contributed by atoms with Crippen LogP contribution in [0.15, 0.2) is 64.1 Å². The summed E-state index contributed by atoms with van der Waals surface area (Å²) in [6, 6.07) is 18.9. The van der Waals surface area contributed by atoms with Crippen LogP contribution in [0.5, 0.6) is 0 Å². The summed E-state index contributed by atoms with van der Waals surface area (Å²) in [6.07, 6.45) is 1.95. The molecule has 1 N–H and O–H groups in total. The zero-order valence-electron chi connectivity index (χ0n) is 22.2. The van der Waals surface area contributed by atoms with Gasteiger partial charge in [0.2, 0.25) is 5.91 Å². The topological polar surface area (TPSA) is 71.0 Å². The van der Waals surface area contributed by atoms with E-state index in [2.05, 4.69) is 75.8 Å². The molecule has 39 heavy (non-hydrogen) atoms. The van der Waals surface area contributed by atoms with Crippen LogP contribution < -0.4 is 5.32 Å². The average molecular weight is 605 g/mol. The van der Waals surface area contributed by atoms with Gasteiger partial charge in [-0.1, -0.05) is 54.0 Å². The lowest BCUT2D eigenvalue weighted by Gasteiger charge is -2.30. The number of hydrogen-bond donors (Lipinski definition) is 1. The highest BCUT2D eigenvalue weighted by atomic mass is 79.9. The molecule has 6 rings (SSSR count). The minimum absolute atomic E-state index is 0.0545. The van der Waals surface area contributed by atoms with Gasteiger partial charge in [0, 0.05) is 32.7 Å². The summed E-state index contributed by atoms with van der Waals surface area (Å²) in [4.78, 5) is 33.6. The maximum atomic E-state index is 13.5. The zero-order chi connectivity index (χ0) is 27.3. The molecule has 2 amide bonds. The SMILES string of the molecule is COC(=O)N[C@H](C(=O)N1CCC[C@H]1C1=Nc2ccc3cc(-c4cc5ccc(Br)cc5s4)ccc3c2C1)C(C)C. The van der Waals surface area contributed by atoms with Crippen molar-refractivity contribution in [1.29, 1.82) is 0 Å². The molecular formula is C31H30BrN3O3S. The predicted molar refractivity (Wildman–Crippen MR) is 162 cm³/mol. The molecule has 6 nitrogen and oxygen atoms in total. The summed E-state index contributed by atoms with van der Waals surface area (Å²) in [6.45, 7) is 4.54. The van der Waals surface area contributed by atoms with Crippen LogP contribution in [0.3, 0.4) is 0 Å². The molecule has 0 bridgehead atoms. The fraction of sp³-hybridized carbons (Fsp3) is 0.323. The summed E-state index contributed by atoms with van der Waals surface area (Å²) >= 11 is 5.38. The van der Waals surface area contributed by atoms with Gasteiger partial charge in [0.15, 0.2) is 0 Å². The van der Waals surface area contributed by atoms with Crippen LogP contribution in [0.4, 0.5) is 10.5 Å². The molecular weight excluding hydrogens is 574 g/mol. The molecule has 2 aliphatic heterocycles. The minimum Gasteiger partial charge on any atom is -0.453 e. The second-order valence-corrected chi connectivity index (χ2v) is 12.6. The van der Waals surface area contributed by atoms with Gasteiger partial charge in [-0.05, 0) is 76.4 Å². The molecule has 0 aliphatic carbocycles. The van der Waals surface area contributed by atoms with Gasteiger partial charge < -0.3 is 15.0 Å². The van der Waals surface area contributed by atoms with E-state index in [1.807, 2.05) is 18.7 Å². The number of fused-ring (bicyclic) bond motifs is 4. The first kappa shape index (κ1) is 26.0. The Balaban J connectivity index is 1.26. The van der Waals surface area contributed by atoms with E-state index in [-0.39, 0.29) is 17.9 Å². The molecule has 0 radical (unpaired) electrons. The molecule has 0 unspecified atom stereocenters. The van der Waals surface area contributed by atoms with E-state index in [0.29, 0.717) is 6.54 Å². The van der Waals surface area contributed by atoms with Crippen LogP contribution in [0.25, 0.3) is 31.3 Å². The van der Waals surface area contributed by atoms with Crippen molar-refractivity contribution in [2.24, 2.45) is 10.9 Å². The standard InChI is InChI=1S/C31H30BrN3O3S/c1-17(2)29(34-31(37)38-3)30(36)35-12-4-5-26(35)25-16-23-22-10-7-19(13-18(22)8-11-24(23)33-25)27-14-20-6-9-21(32)15-28(20)39-27/h6-11,13-15,17,26,29H,4-5,12,16H2,1-3H3,(H,34,37)/t26-,29-/m0/s1. The smallest absolute Gasteiger partial charge is 0.407 e. The Morgan fingerprint density at radius 1 is 1.10 bits per heavy atom. The predicted octanol–water partition coefficient (Wildman–Crippen LogP) is 7.48. The van der Waals surface area contributed by atoms with Crippen molar-refractivity contribution >= 4 is 71.5 Å². The van der Waals surface area contributed by atoms with Crippen molar-refractivity contribution in [3.05, 3.63) is 64.6 Å². The molecule has 0 spiro atoms. The van der Waals surface area contributed by atoms with Crippen molar-refractivity contribution in [2.75, 3.05) is 13.7 Å². The number of methoxy groups -OCH3 is 1. The molecule has 4 aromatic rings. The van der Waals surface area contributed by atoms with Crippen molar-refractivity contribution in [3.63, 3.8) is 0 Å². The number of benzene rings is 3. The quantitative estimate of drug-likeness (QED) is 0.257. The number of carbonyl (C=O) groups excluding carboxylic acids is 2. The number of rotatable bonds is 5. The number of carbonyl (C=O) groups is 2. The summed E-state index contributed by atoms with van der Waals surface area (Å²) in [5.41, 5.74) is 4.46. The Labute approximate surface area is 240 Å². The van der Waals surface area contributed by atoms with Crippen LogP contribution in [0.2, 0.25) is 0 Å². The van der Waals surface area contributed by atoms with Crippen molar-refractivity contribution < 1.29 is 14.3 Å². The van der Waals surface area contributed by atoms with Crippen LogP contribution >= 0.6 is 27.3 Å². The number of nitrogens with one attached hydrogen (secondary N) is 1. The third-order valence-electron chi connectivity index (χ3n) is 7.81. The van der Waals surface area contributed by atoms with Crippen molar-refractivity contribution in [2.45, 2.75) is 45.2 Å². The Kier molecular flexibility index (Phi) is 6.93. The molecule has 200 valence electrons. The fourth-order valence-corrected chi connectivity index (χ4v) is 7.41. The minimum atomic E-state index is -0.628. The first-order valence-electron chi connectivity index (χ1n) is 13.3. The summed E-state index contributed by atoms with van der Waals surface area (Å²) in [5.74, 6) is -0.123. The van der Waals surface area contributed by atoms with E-state index >= 15 is 0 Å². The number of halogens is 1. The largest absolute Gasteiger partial charge is 0.453 e. The number of alkyl carbamates (subject to hydrolysis) is 1. The number of amides is 2. The Morgan fingerprint density at radius 3 is 2.72 bits per heavy atom. The van der Waals surface area contributed by atoms with E-state index in [4.69, 9.17) is 9.73 Å². The van der Waals surface area contributed by atoms with Gasteiger partial charge in [0.1, 0.15) is 6.04 Å². The van der Waals surface area contributed by atoms with Gasteiger partial charge in [-0.25, -0.2) is 4.79 Å². The Bertz CT molecular complexity index is 1640. The Hall–Kier alpha value is -3.23. The summed E-state index contributed by atoms with van der Waals surface area (Å²) in [5, 5.41) is 6.39. The van der Waals surface area contributed by atoms with Crippen molar-refractivity contribution in [3.8, 4) is 10.4 Å². The second-order valence-electron chi connectivity index (χ2n) is 10.6. The first-order valence-corrected chi connectivity index (χ1v) is 14.9. The van der Waals surface area contributed by atoms with Gasteiger partial charge in [-0.3, -0.25) is 9.79 Å². The number of nitrogens with zero attached hydrogens (tertiary/aromatic N) is 2. The number of ether oxygens (including phenoxy) is 1. The molecule has 0 saturated carbocycles. The molecule has 2 aliphatic rings. The molecule has 1 aromatic heterocycles. The van der Waals surface area contributed by atoms with Crippen molar-refractivity contribution in [1.82, 2.24) is 10.2 Å². The van der Waals surface area contributed by atoms with Gasteiger partial charge in [-0.15, -0.1) is 11.3 Å². The summed E-state index contributed by atoms with van der Waals surface area (Å²) in [7, 11) is 1.31. The normalized spacial score (nSPS) is 17.5. The van der Waals surface area contributed by atoms with Crippen LogP contribution in [-0.2, 0) is 16.0 Å². The van der Waals surface area contributed by atoms with Gasteiger partial charge in [0.25, 0.3) is 0 Å². The molecule has 3 heterocycles. The molecule has 1 fully saturated rings. The van der Waals surface area contributed by atoms with Gasteiger partial charge >= 0.3 is 6.09 Å². The maximum Gasteiger partial charge on any atom is 0.407 e. The molecule has 2 atom stereocenters. The fourth-order valence-electron chi connectivity index (χ4n) is 5.80. The highest BCUT2D eigenvalue weighted by molar-refractivity contribution is 9.10. The lowest BCUT2D eigenvalue weighted by Crippen LogP contribution is -2.53.